The standard InChI is InChI=1S/C14H16ClN3OS/c15-10-7-12(20-9-10)2-4-14(19)17-11-1-3-13-16-5-6-18(13)8-11/h5-7,9,11H,1-4,8H2,(H,17,19)/t11-/m1/s1. The molecule has 0 aliphatic carbocycles. The van der Waals surface area contributed by atoms with Gasteiger partial charge in [-0.05, 0) is 18.9 Å². The average Bonchev–Trinajstić information content (AvgIpc) is 3.04. The highest BCUT2D eigenvalue weighted by atomic mass is 35.5. The van der Waals surface area contributed by atoms with Gasteiger partial charge in [-0.2, -0.15) is 0 Å². The molecule has 1 N–H and O–H groups in total. The van der Waals surface area contributed by atoms with E-state index in [1.165, 1.54) is 0 Å². The Balaban J connectivity index is 1.47. The van der Waals surface area contributed by atoms with Crippen LogP contribution in [-0.2, 0) is 24.2 Å². The highest BCUT2D eigenvalue weighted by Crippen LogP contribution is 2.20. The molecule has 20 heavy (non-hydrogen) atoms. The van der Waals surface area contributed by atoms with Gasteiger partial charge in [-0.25, -0.2) is 4.98 Å². The molecule has 0 spiro atoms. The van der Waals surface area contributed by atoms with E-state index in [4.69, 9.17) is 11.6 Å². The molecule has 1 aliphatic heterocycles. The van der Waals surface area contributed by atoms with Crippen LogP contribution in [0.4, 0.5) is 0 Å². The van der Waals surface area contributed by atoms with Crippen LogP contribution in [0.25, 0.3) is 0 Å². The summed E-state index contributed by atoms with van der Waals surface area (Å²) in [5.74, 6) is 1.23. The van der Waals surface area contributed by atoms with Crippen LogP contribution in [-0.4, -0.2) is 21.5 Å². The van der Waals surface area contributed by atoms with Gasteiger partial charge in [-0.1, -0.05) is 11.6 Å². The maximum absolute atomic E-state index is 12.0. The van der Waals surface area contributed by atoms with Crippen molar-refractivity contribution in [2.24, 2.45) is 0 Å². The molecule has 0 aromatic carbocycles. The fourth-order valence-corrected chi connectivity index (χ4v) is 3.58. The first-order valence-electron chi connectivity index (χ1n) is 6.73. The van der Waals surface area contributed by atoms with Crippen molar-refractivity contribution < 1.29 is 4.79 Å². The van der Waals surface area contributed by atoms with Gasteiger partial charge in [0.2, 0.25) is 5.91 Å². The third-order valence-electron chi connectivity index (χ3n) is 3.52. The molecule has 0 unspecified atom stereocenters. The lowest BCUT2D eigenvalue weighted by Gasteiger charge is -2.24. The summed E-state index contributed by atoms with van der Waals surface area (Å²) in [5.41, 5.74) is 0. The number of imidazole rings is 1. The van der Waals surface area contributed by atoms with Crippen molar-refractivity contribution in [1.82, 2.24) is 14.9 Å². The predicted molar refractivity (Wildman–Crippen MR) is 80.1 cm³/mol. The summed E-state index contributed by atoms with van der Waals surface area (Å²) < 4.78 is 2.12. The highest BCUT2D eigenvalue weighted by molar-refractivity contribution is 7.10. The third-order valence-corrected chi connectivity index (χ3v) is 4.86. The zero-order valence-corrected chi connectivity index (χ0v) is 12.6. The van der Waals surface area contributed by atoms with Crippen LogP contribution in [0.5, 0.6) is 0 Å². The summed E-state index contributed by atoms with van der Waals surface area (Å²) in [5, 5.41) is 5.76. The summed E-state index contributed by atoms with van der Waals surface area (Å²) in [6, 6.07) is 2.15. The van der Waals surface area contributed by atoms with E-state index in [-0.39, 0.29) is 11.9 Å². The molecular weight excluding hydrogens is 294 g/mol. The summed E-state index contributed by atoms with van der Waals surface area (Å²) in [4.78, 5) is 17.4. The van der Waals surface area contributed by atoms with Crippen molar-refractivity contribution in [2.45, 2.75) is 38.3 Å². The van der Waals surface area contributed by atoms with E-state index in [1.807, 2.05) is 23.8 Å². The lowest BCUT2D eigenvalue weighted by Crippen LogP contribution is -2.40. The first kappa shape index (κ1) is 13.6. The van der Waals surface area contributed by atoms with Gasteiger partial charge in [0.05, 0.1) is 5.02 Å². The molecule has 1 atom stereocenters. The fourth-order valence-electron chi connectivity index (χ4n) is 2.51. The molecule has 2 aromatic rings. The van der Waals surface area contributed by atoms with Crippen molar-refractivity contribution in [2.75, 3.05) is 0 Å². The maximum atomic E-state index is 12.0. The molecule has 0 saturated heterocycles. The summed E-state index contributed by atoms with van der Waals surface area (Å²) in [6.45, 7) is 0.825. The number of aromatic nitrogens is 2. The maximum Gasteiger partial charge on any atom is 0.220 e. The Morgan fingerprint density at radius 2 is 2.50 bits per heavy atom. The lowest BCUT2D eigenvalue weighted by molar-refractivity contribution is -0.121. The largest absolute Gasteiger partial charge is 0.352 e. The number of aryl methyl sites for hydroxylation is 2. The van der Waals surface area contributed by atoms with Crippen molar-refractivity contribution in [3.63, 3.8) is 0 Å². The van der Waals surface area contributed by atoms with Crippen molar-refractivity contribution in [3.05, 3.63) is 39.6 Å². The van der Waals surface area contributed by atoms with E-state index in [0.29, 0.717) is 6.42 Å². The average molecular weight is 310 g/mol. The molecule has 0 fully saturated rings. The van der Waals surface area contributed by atoms with E-state index in [0.717, 1.165) is 41.5 Å². The molecule has 0 saturated carbocycles. The number of nitrogens with one attached hydrogen (secondary N) is 1. The van der Waals surface area contributed by atoms with Crippen LogP contribution in [0.3, 0.4) is 0 Å². The number of hydrogen-bond donors (Lipinski definition) is 1. The van der Waals surface area contributed by atoms with Crippen LogP contribution >= 0.6 is 22.9 Å². The molecule has 1 amide bonds. The van der Waals surface area contributed by atoms with Gasteiger partial charge in [-0.3, -0.25) is 4.79 Å². The molecule has 0 bridgehead atoms. The minimum atomic E-state index is 0.114. The number of thiophene rings is 1. The van der Waals surface area contributed by atoms with Crippen molar-refractivity contribution >= 4 is 28.8 Å². The van der Waals surface area contributed by atoms with Crippen LogP contribution in [0.15, 0.2) is 23.8 Å². The van der Waals surface area contributed by atoms with Gasteiger partial charge in [0.15, 0.2) is 0 Å². The Hall–Kier alpha value is -1.33. The van der Waals surface area contributed by atoms with E-state index in [9.17, 15) is 4.79 Å². The number of carbonyl (C=O) groups excluding carboxylic acids is 1. The van der Waals surface area contributed by atoms with Gasteiger partial charge in [0, 0.05) is 48.1 Å². The number of amides is 1. The Morgan fingerprint density at radius 1 is 1.60 bits per heavy atom. The Morgan fingerprint density at radius 3 is 3.30 bits per heavy atom. The van der Waals surface area contributed by atoms with E-state index < -0.39 is 0 Å². The quantitative estimate of drug-likeness (QED) is 0.944. The highest BCUT2D eigenvalue weighted by Gasteiger charge is 2.20. The minimum absolute atomic E-state index is 0.114. The minimum Gasteiger partial charge on any atom is -0.352 e. The molecule has 4 nitrogen and oxygen atoms in total. The third kappa shape index (κ3) is 3.22. The number of halogens is 1. The van der Waals surface area contributed by atoms with Gasteiger partial charge >= 0.3 is 0 Å². The number of nitrogens with zero attached hydrogens (tertiary/aromatic N) is 2. The Labute approximate surface area is 126 Å². The number of hydrogen-bond acceptors (Lipinski definition) is 3. The molecule has 3 heterocycles. The molecule has 6 heteroatoms. The molecule has 0 radical (unpaired) electrons. The van der Waals surface area contributed by atoms with Crippen molar-refractivity contribution in [3.8, 4) is 0 Å². The van der Waals surface area contributed by atoms with E-state index in [2.05, 4.69) is 14.9 Å². The van der Waals surface area contributed by atoms with E-state index >= 15 is 0 Å². The second kappa shape index (κ2) is 5.97. The number of rotatable bonds is 4. The van der Waals surface area contributed by atoms with Gasteiger partial charge in [0.25, 0.3) is 0 Å². The Kier molecular flexibility index (Phi) is 4.08. The summed E-state index contributed by atoms with van der Waals surface area (Å²) in [7, 11) is 0. The van der Waals surface area contributed by atoms with Gasteiger partial charge in [-0.15, -0.1) is 11.3 Å². The fraction of sp³-hybridized carbons (Fsp3) is 0.429. The van der Waals surface area contributed by atoms with Crippen molar-refractivity contribution in [1.29, 1.82) is 0 Å². The zero-order valence-electron chi connectivity index (χ0n) is 11.0. The van der Waals surface area contributed by atoms with Gasteiger partial charge in [0.1, 0.15) is 5.82 Å². The zero-order chi connectivity index (χ0) is 13.9. The van der Waals surface area contributed by atoms with Crippen LogP contribution in [0.2, 0.25) is 5.02 Å². The predicted octanol–water partition coefficient (Wildman–Crippen LogP) is 2.66. The smallest absolute Gasteiger partial charge is 0.220 e. The summed E-state index contributed by atoms with van der Waals surface area (Å²) >= 11 is 7.47. The van der Waals surface area contributed by atoms with Crippen LogP contribution in [0, 0.1) is 0 Å². The number of carbonyl (C=O) groups is 1. The topological polar surface area (TPSA) is 46.9 Å². The molecular formula is C14H16ClN3OS. The monoisotopic (exact) mass is 309 g/mol. The van der Waals surface area contributed by atoms with Crippen LogP contribution in [0.1, 0.15) is 23.5 Å². The molecule has 3 rings (SSSR count). The lowest BCUT2D eigenvalue weighted by atomic mass is 10.1. The van der Waals surface area contributed by atoms with E-state index in [1.54, 1.807) is 11.3 Å². The Bertz CT molecular complexity index is 607. The first-order valence-corrected chi connectivity index (χ1v) is 7.99. The summed E-state index contributed by atoms with van der Waals surface area (Å²) in [6.07, 6.45) is 6.96. The normalized spacial score (nSPS) is 17.8. The van der Waals surface area contributed by atoms with Crippen LogP contribution < -0.4 is 5.32 Å². The number of fused-ring (bicyclic) bond motifs is 1. The molecule has 1 aliphatic rings. The molecule has 106 valence electrons. The SMILES string of the molecule is O=C(CCc1cc(Cl)cs1)N[C@@H]1CCc2nccn2C1. The van der Waals surface area contributed by atoms with Gasteiger partial charge < -0.3 is 9.88 Å². The molecule has 2 aromatic heterocycles. The second-order valence-corrected chi connectivity index (χ2v) is 6.46. The second-order valence-electron chi connectivity index (χ2n) is 5.03. The first-order chi connectivity index (χ1) is 9.70.